The second-order valence-electron chi connectivity index (χ2n) is 4.72. The van der Waals surface area contributed by atoms with Gasteiger partial charge in [0.2, 0.25) is 5.91 Å². The molecular weight excluding hydrogens is 254 g/mol. The molecule has 3 rings (SSSR count). The zero-order valence-electron chi connectivity index (χ0n) is 10.9. The minimum Gasteiger partial charge on any atom is -0.384 e. The summed E-state index contributed by atoms with van der Waals surface area (Å²) in [5.74, 6) is 1.19. The third-order valence-corrected chi connectivity index (χ3v) is 3.13. The van der Waals surface area contributed by atoms with Crippen molar-refractivity contribution in [1.82, 2.24) is 15.3 Å². The number of rotatable bonds is 4. The van der Waals surface area contributed by atoms with E-state index >= 15 is 0 Å². The molecule has 6 heteroatoms. The SMILES string of the molecule is Nc1ccnc(CNCc2ccc3c(c2)CC(=O)N3)n1. The van der Waals surface area contributed by atoms with Gasteiger partial charge in [-0.2, -0.15) is 0 Å². The zero-order chi connectivity index (χ0) is 13.9. The average Bonchev–Trinajstić information content (AvgIpc) is 2.78. The molecular formula is C14H15N5O. The molecule has 6 nitrogen and oxygen atoms in total. The second kappa shape index (κ2) is 5.26. The Labute approximate surface area is 116 Å². The molecule has 0 aliphatic carbocycles. The predicted molar refractivity (Wildman–Crippen MR) is 75.8 cm³/mol. The third-order valence-electron chi connectivity index (χ3n) is 3.13. The second-order valence-corrected chi connectivity index (χ2v) is 4.72. The quantitative estimate of drug-likeness (QED) is 0.765. The van der Waals surface area contributed by atoms with Gasteiger partial charge in [-0.25, -0.2) is 9.97 Å². The molecule has 2 aromatic rings. The number of nitrogens with zero attached hydrogens (tertiary/aromatic N) is 2. The van der Waals surface area contributed by atoms with Crippen LogP contribution in [-0.4, -0.2) is 15.9 Å². The maximum Gasteiger partial charge on any atom is 0.228 e. The number of carbonyl (C=O) groups excluding carboxylic acids is 1. The molecule has 1 aliphatic heterocycles. The number of fused-ring (bicyclic) bond motifs is 1. The lowest BCUT2D eigenvalue weighted by Gasteiger charge is -2.06. The lowest BCUT2D eigenvalue weighted by molar-refractivity contribution is -0.115. The van der Waals surface area contributed by atoms with Crippen molar-refractivity contribution in [2.24, 2.45) is 0 Å². The number of nitrogen functional groups attached to an aromatic ring is 1. The molecule has 20 heavy (non-hydrogen) atoms. The first-order chi connectivity index (χ1) is 9.70. The lowest BCUT2D eigenvalue weighted by atomic mass is 10.1. The van der Waals surface area contributed by atoms with Gasteiger partial charge >= 0.3 is 0 Å². The Morgan fingerprint density at radius 2 is 2.20 bits per heavy atom. The van der Waals surface area contributed by atoms with E-state index in [2.05, 4.69) is 20.6 Å². The summed E-state index contributed by atoms with van der Waals surface area (Å²) in [5.41, 5.74) is 8.69. The van der Waals surface area contributed by atoms with E-state index in [0.717, 1.165) is 16.8 Å². The van der Waals surface area contributed by atoms with Gasteiger partial charge < -0.3 is 16.4 Å². The fourth-order valence-corrected chi connectivity index (χ4v) is 2.21. The van der Waals surface area contributed by atoms with Crippen LogP contribution in [-0.2, 0) is 24.3 Å². The molecule has 0 fully saturated rings. The Morgan fingerprint density at radius 3 is 3.05 bits per heavy atom. The number of nitrogens with one attached hydrogen (secondary N) is 2. The van der Waals surface area contributed by atoms with Gasteiger partial charge in [0.25, 0.3) is 0 Å². The molecule has 0 spiro atoms. The molecule has 2 heterocycles. The molecule has 0 unspecified atom stereocenters. The van der Waals surface area contributed by atoms with Crippen LogP contribution in [0.5, 0.6) is 0 Å². The van der Waals surface area contributed by atoms with Crippen LogP contribution in [0.2, 0.25) is 0 Å². The standard InChI is InChI=1S/C14H15N5O/c15-12-3-4-17-13(19-12)8-16-7-9-1-2-11-10(5-9)6-14(20)18-11/h1-5,16H,6-8H2,(H,18,20)(H2,15,17,19). The summed E-state index contributed by atoms with van der Waals surface area (Å²) in [6.45, 7) is 1.25. The van der Waals surface area contributed by atoms with Crippen molar-refractivity contribution in [2.75, 3.05) is 11.1 Å². The minimum atomic E-state index is 0.0540. The summed E-state index contributed by atoms with van der Waals surface area (Å²) >= 11 is 0. The normalized spacial score (nSPS) is 13.1. The van der Waals surface area contributed by atoms with Crippen LogP contribution in [0.25, 0.3) is 0 Å². The van der Waals surface area contributed by atoms with E-state index in [9.17, 15) is 4.79 Å². The molecule has 0 saturated carbocycles. The van der Waals surface area contributed by atoms with E-state index < -0.39 is 0 Å². The van der Waals surface area contributed by atoms with Crippen molar-refractivity contribution >= 4 is 17.4 Å². The van der Waals surface area contributed by atoms with Gasteiger partial charge in [0, 0.05) is 18.4 Å². The molecule has 102 valence electrons. The Kier molecular flexibility index (Phi) is 3.30. The molecule has 0 saturated heterocycles. The van der Waals surface area contributed by atoms with Crippen LogP contribution in [0.4, 0.5) is 11.5 Å². The first-order valence-corrected chi connectivity index (χ1v) is 6.40. The molecule has 0 bridgehead atoms. The highest BCUT2D eigenvalue weighted by Gasteiger charge is 2.17. The summed E-state index contributed by atoms with van der Waals surface area (Å²) in [6, 6.07) is 7.64. The fraction of sp³-hybridized carbons (Fsp3) is 0.214. The maximum absolute atomic E-state index is 11.3. The largest absolute Gasteiger partial charge is 0.384 e. The van der Waals surface area contributed by atoms with Gasteiger partial charge in [-0.3, -0.25) is 4.79 Å². The van der Waals surface area contributed by atoms with E-state index in [1.807, 2.05) is 18.2 Å². The highest BCUT2D eigenvalue weighted by molar-refractivity contribution is 5.99. The predicted octanol–water partition coefficient (Wildman–Crippen LogP) is 0.843. The van der Waals surface area contributed by atoms with Gasteiger partial charge in [-0.15, -0.1) is 0 Å². The molecule has 0 atom stereocenters. The van der Waals surface area contributed by atoms with Gasteiger partial charge in [-0.05, 0) is 23.3 Å². The smallest absolute Gasteiger partial charge is 0.228 e. The summed E-state index contributed by atoms with van der Waals surface area (Å²) in [5, 5.41) is 6.08. The first-order valence-electron chi connectivity index (χ1n) is 6.40. The summed E-state index contributed by atoms with van der Waals surface area (Å²) in [4.78, 5) is 19.5. The fourth-order valence-electron chi connectivity index (χ4n) is 2.21. The number of benzene rings is 1. The van der Waals surface area contributed by atoms with Crippen molar-refractivity contribution in [2.45, 2.75) is 19.5 Å². The Hall–Kier alpha value is -2.47. The Bertz CT molecular complexity index is 656. The van der Waals surface area contributed by atoms with E-state index in [0.29, 0.717) is 31.2 Å². The van der Waals surface area contributed by atoms with Crippen LogP contribution >= 0.6 is 0 Å². The van der Waals surface area contributed by atoms with Crippen LogP contribution in [0.3, 0.4) is 0 Å². The van der Waals surface area contributed by atoms with E-state index in [1.54, 1.807) is 12.3 Å². The van der Waals surface area contributed by atoms with E-state index in [-0.39, 0.29) is 5.91 Å². The van der Waals surface area contributed by atoms with E-state index in [4.69, 9.17) is 5.73 Å². The monoisotopic (exact) mass is 269 g/mol. The van der Waals surface area contributed by atoms with Crippen molar-refractivity contribution in [3.8, 4) is 0 Å². The minimum absolute atomic E-state index is 0.0540. The lowest BCUT2D eigenvalue weighted by Crippen LogP contribution is -2.15. The summed E-state index contributed by atoms with van der Waals surface area (Å²) in [7, 11) is 0. The molecule has 1 amide bonds. The van der Waals surface area contributed by atoms with Crippen LogP contribution < -0.4 is 16.4 Å². The highest BCUT2D eigenvalue weighted by atomic mass is 16.1. The third kappa shape index (κ3) is 2.75. The Morgan fingerprint density at radius 1 is 1.30 bits per heavy atom. The van der Waals surface area contributed by atoms with Crippen molar-refractivity contribution in [1.29, 1.82) is 0 Å². The van der Waals surface area contributed by atoms with Gasteiger partial charge in [0.15, 0.2) is 0 Å². The number of anilines is 2. The van der Waals surface area contributed by atoms with Gasteiger partial charge in [0.1, 0.15) is 11.6 Å². The molecule has 1 aliphatic rings. The number of hydrogen-bond donors (Lipinski definition) is 3. The average molecular weight is 269 g/mol. The van der Waals surface area contributed by atoms with Gasteiger partial charge in [0.05, 0.1) is 13.0 Å². The van der Waals surface area contributed by atoms with Crippen molar-refractivity contribution in [3.05, 3.63) is 47.4 Å². The zero-order valence-corrected chi connectivity index (χ0v) is 10.9. The Balaban J connectivity index is 1.59. The van der Waals surface area contributed by atoms with E-state index in [1.165, 1.54) is 0 Å². The topological polar surface area (TPSA) is 92.9 Å². The molecule has 4 N–H and O–H groups in total. The first kappa shape index (κ1) is 12.6. The summed E-state index contributed by atoms with van der Waals surface area (Å²) in [6.07, 6.45) is 2.10. The van der Waals surface area contributed by atoms with Crippen LogP contribution in [0, 0.1) is 0 Å². The van der Waals surface area contributed by atoms with Gasteiger partial charge in [-0.1, -0.05) is 12.1 Å². The van der Waals surface area contributed by atoms with Crippen molar-refractivity contribution in [3.63, 3.8) is 0 Å². The maximum atomic E-state index is 11.3. The molecule has 0 radical (unpaired) electrons. The number of amides is 1. The highest BCUT2D eigenvalue weighted by Crippen LogP contribution is 2.23. The number of aromatic nitrogens is 2. The number of nitrogens with two attached hydrogens (primary N) is 1. The molecule has 1 aromatic heterocycles. The number of hydrogen-bond acceptors (Lipinski definition) is 5. The summed E-state index contributed by atoms with van der Waals surface area (Å²) < 4.78 is 0. The van der Waals surface area contributed by atoms with Crippen molar-refractivity contribution < 1.29 is 4.79 Å². The number of carbonyl (C=O) groups is 1. The molecule has 1 aromatic carbocycles. The van der Waals surface area contributed by atoms with Crippen LogP contribution in [0.15, 0.2) is 30.5 Å². The van der Waals surface area contributed by atoms with Crippen LogP contribution in [0.1, 0.15) is 17.0 Å².